The lowest BCUT2D eigenvalue weighted by Crippen LogP contribution is -2.25. The van der Waals surface area contributed by atoms with Gasteiger partial charge in [0.2, 0.25) is 0 Å². The van der Waals surface area contributed by atoms with E-state index in [1.165, 1.54) is 11.1 Å². The van der Waals surface area contributed by atoms with Gasteiger partial charge in [-0.25, -0.2) is 4.98 Å². The maximum atomic E-state index is 13.7. The number of hydrogen-bond acceptors (Lipinski definition) is 5. The normalized spacial score (nSPS) is 14.1. The van der Waals surface area contributed by atoms with Crippen molar-refractivity contribution in [2.24, 2.45) is 5.10 Å². The van der Waals surface area contributed by atoms with Gasteiger partial charge in [-0.05, 0) is 72.9 Å². The maximum absolute atomic E-state index is 13.7. The number of halogens is 2. The number of fused-ring (bicyclic) bond motifs is 1. The molecular formula is C32H31BrClN3O3. The number of benzene rings is 3. The molecular weight excluding hydrogens is 590 g/mol. The minimum atomic E-state index is -0.177. The fourth-order valence-electron chi connectivity index (χ4n) is 5.14. The molecule has 4 aromatic rings. The SMILES string of the molecule is C=CCc1cc(C=Nn2c(C3CCCCC3)nc3ccc(Br)cc3c2=O)cc(OC)c1OCc1ccc(Cl)cc1. The largest absolute Gasteiger partial charge is 0.493 e. The second-order valence-corrected chi connectivity index (χ2v) is 11.3. The van der Waals surface area contributed by atoms with Crippen molar-refractivity contribution in [2.45, 2.75) is 51.0 Å². The summed E-state index contributed by atoms with van der Waals surface area (Å²) in [6, 6.07) is 17.0. The van der Waals surface area contributed by atoms with E-state index in [0.717, 1.165) is 52.7 Å². The van der Waals surface area contributed by atoms with Crippen LogP contribution >= 0.6 is 27.5 Å². The molecule has 1 aliphatic carbocycles. The smallest absolute Gasteiger partial charge is 0.282 e. The van der Waals surface area contributed by atoms with Crippen LogP contribution in [0.4, 0.5) is 0 Å². The van der Waals surface area contributed by atoms with Crippen LogP contribution in [0.25, 0.3) is 10.9 Å². The minimum Gasteiger partial charge on any atom is -0.493 e. The fourth-order valence-corrected chi connectivity index (χ4v) is 5.63. The molecule has 6 nitrogen and oxygen atoms in total. The number of rotatable bonds is 9. The topological polar surface area (TPSA) is 65.7 Å². The lowest BCUT2D eigenvalue weighted by atomic mass is 9.88. The van der Waals surface area contributed by atoms with Crippen molar-refractivity contribution in [3.8, 4) is 11.5 Å². The van der Waals surface area contributed by atoms with Crippen LogP contribution in [-0.4, -0.2) is 23.0 Å². The number of nitrogens with zero attached hydrogens (tertiary/aromatic N) is 3. The number of hydrogen-bond donors (Lipinski definition) is 0. The first kappa shape index (κ1) is 28.1. The molecule has 0 amide bonds. The van der Waals surface area contributed by atoms with E-state index < -0.39 is 0 Å². The Morgan fingerprint density at radius 1 is 1.12 bits per heavy atom. The van der Waals surface area contributed by atoms with E-state index in [9.17, 15) is 4.79 Å². The van der Waals surface area contributed by atoms with Crippen molar-refractivity contribution in [1.29, 1.82) is 0 Å². The molecule has 1 saturated carbocycles. The van der Waals surface area contributed by atoms with Gasteiger partial charge < -0.3 is 9.47 Å². The molecule has 1 aromatic heterocycles. The zero-order valence-electron chi connectivity index (χ0n) is 22.4. The first-order valence-electron chi connectivity index (χ1n) is 13.4. The highest BCUT2D eigenvalue weighted by molar-refractivity contribution is 9.10. The van der Waals surface area contributed by atoms with Crippen LogP contribution in [0.5, 0.6) is 11.5 Å². The Hall–Kier alpha value is -3.42. The number of ether oxygens (including phenoxy) is 2. The summed E-state index contributed by atoms with van der Waals surface area (Å²) in [5, 5.41) is 5.91. The zero-order valence-corrected chi connectivity index (χ0v) is 24.7. The summed E-state index contributed by atoms with van der Waals surface area (Å²) in [7, 11) is 1.61. The van der Waals surface area contributed by atoms with Gasteiger partial charge in [-0.2, -0.15) is 9.78 Å². The molecule has 0 spiro atoms. The zero-order chi connectivity index (χ0) is 28.1. The highest BCUT2D eigenvalue weighted by atomic mass is 79.9. The average molecular weight is 621 g/mol. The molecule has 40 heavy (non-hydrogen) atoms. The highest BCUT2D eigenvalue weighted by Gasteiger charge is 2.22. The first-order valence-corrected chi connectivity index (χ1v) is 14.6. The van der Waals surface area contributed by atoms with Crippen LogP contribution in [0.15, 0.2) is 81.6 Å². The third-order valence-corrected chi connectivity index (χ3v) is 7.91. The molecule has 5 rings (SSSR count). The Labute approximate surface area is 247 Å². The van der Waals surface area contributed by atoms with Crippen molar-refractivity contribution >= 4 is 44.6 Å². The second kappa shape index (κ2) is 12.8. The first-order chi connectivity index (χ1) is 19.5. The predicted octanol–water partition coefficient (Wildman–Crippen LogP) is 8.06. The molecule has 0 saturated heterocycles. The van der Waals surface area contributed by atoms with Crippen LogP contribution in [-0.2, 0) is 13.0 Å². The molecule has 1 heterocycles. The lowest BCUT2D eigenvalue weighted by molar-refractivity contribution is 0.282. The summed E-state index contributed by atoms with van der Waals surface area (Å²) in [6.07, 6.45) is 9.56. The van der Waals surface area contributed by atoms with Crippen molar-refractivity contribution in [1.82, 2.24) is 9.66 Å². The van der Waals surface area contributed by atoms with Gasteiger partial charge in [0.1, 0.15) is 12.4 Å². The summed E-state index contributed by atoms with van der Waals surface area (Å²) in [6.45, 7) is 4.28. The Morgan fingerprint density at radius 3 is 2.62 bits per heavy atom. The number of allylic oxidation sites excluding steroid dienone is 1. The van der Waals surface area contributed by atoms with Gasteiger partial charge >= 0.3 is 0 Å². The van der Waals surface area contributed by atoms with E-state index in [1.54, 1.807) is 19.4 Å². The van der Waals surface area contributed by atoms with Crippen LogP contribution in [0.3, 0.4) is 0 Å². The predicted molar refractivity (Wildman–Crippen MR) is 165 cm³/mol. The van der Waals surface area contributed by atoms with Crippen molar-refractivity contribution in [3.63, 3.8) is 0 Å². The van der Waals surface area contributed by atoms with E-state index in [2.05, 4.69) is 22.5 Å². The molecule has 0 atom stereocenters. The molecule has 3 aromatic carbocycles. The second-order valence-electron chi connectivity index (χ2n) is 9.95. The van der Waals surface area contributed by atoms with E-state index in [4.69, 9.17) is 31.2 Å². The highest BCUT2D eigenvalue weighted by Crippen LogP contribution is 2.35. The van der Waals surface area contributed by atoms with Gasteiger partial charge in [-0.1, -0.05) is 65.0 Å². The van der Waals surface area contributed by atoms with Gasteiger partial charge in [0.15, 0.2) is 11.5 Å². The molecule has 0 bridgehead atoms. The Balaban J connectivity index is 1.53. The molecule has 0 N–H and O–H groups in total. The van der Waals surface area contributed by atoms with Crippen molar-refractivity contribution in [3.05, 3.63) is 110 Å². The van der Waals surface area contributed by atoms with E-state index in [0.29, 0.717) is 40.5 Å². The Morgan fingerprint density at radius 2 is 1.90 bits per heavy atom. The van der Waals surface area contributed by atoms with Crippen LogP contribution in [0, 0.1) is 0 Å². The quantitative estimate of drug-likeness (QED) is 0.140. The Bertz CT molecular complexity index is 1610. The van der Waals surface area contributed by atoms with Crippen molar-refractivity contribution in [2.75, 3.05) is 7.11 Å². The summed E-state index contributed by atoms with van der Waals surface area (Å²) < 4.78 is 14.2. The van der Waals surface area contributed by atoms with Gasteiger partial charge in [0.25, 0.3) is 5.56 Å². The fraction of sp³-hybridized carbons (Fsp3) is 0.281. The monoisotopic (exact) mass is 619 g/mol. The maximum Gasteiger partial charge on any atom is 0.282 e. The minimum absolute atomic E-state index is 0.177. The third kappa shape index (κ3) is 6.31. The Kier molecular flexibility index (Phi) is 9.02. The summed E-state index contributed by atoms with van der Waals surface area (Å²) in [5.74, 6) is 2.14. The van der Waals surface area contributed by atoms with E-state index >= 15 is 0 Å². The third-order valence-electron chi connectivity index (χ3n) is 7.16. The number of aromatic nitrogens is 2. The molecule has 0 radical (unpaired) electrons. The molecule has 1 aliphatic rings. The standard InChI is InChI=1S/C32H31BrClN3O3/c1-3-7-24-16-22(17-29(39-2)30(24)40-20-21-10-13-26(34)14-11-21)19-35-37-31(23-8-5-4-6-9-23)36-28-15-12-25(33)18-27(28)32(37)38/h3,10-19,23H,1,4-9,20H2,2H3. The molecule has 206 valence electrons. The molecule has 1 fully saturated rings. The van der Waals surface area contributed by atoms with Crippen LogP contribution < -0.4 is 15.0 Å². The summed E-state index contributed by atoms with van der Waals surface area (Å²) in [5.41, 5.74) is 3.20. The van der Waals surface area contributed by atoms with Gasteiger partial charge in [0.05, 0.1) is 24.2 Å². The van der Waals surface area contributed by atoms with Crippen molar-refractivity contribution < 1.29 is 9.47 Å². The van der Waals surface area contributed by atoms with Crippen LogP contribution in [0.2, 0.25) is 5.02 Å². The summed E-state index contributed by atoms with van der Waals surface area (Å²) >= 11 is 9.51. The van der Waals surface area contributed by atoms with Gasteiger partial charge in [-0.3, -0.25) is 4.79 Å². The lowest BCUT2D eigenvalue weighted by Gasteiger charge is -2.22. The van der Waals surface area contributed by atoms with E-state index in [1.807, 2.05) is 54.6 Å². The number of methoxy groups -OCH3 is 1. The summed E-state index contributed by atoms with van der Waals surface area (Å²) in [4.78, 5) is 18.6. The van der Waals surface area contributed by atoms with E-state index in [-0.39, 0.29) is 11.5 Å². The van der Waals surface area contributed by atoms with Gasteiger partial charge in [-0.15, -0.1) is 6.58 Å². The molecule has 8 heteroatoms. The van der Waals surface area contributed by atoms with Gasteiger partial charge in [0, 0.05) is 21.0 Å². The molecule has 0 unspecified atom stereocenters. The average Bonchev–Trinajstić information content (AvgIpc) is 2.97. The molecule has 0 aliphatic heterocycles. The van der Waals surface area contributed by atoms with Crippen LogP contribution in [0.1, 0.15) is 60.5 Å².